The van der Waals surface area contributed by atoms with Gasteiger partial charge in [0.15, 0.2) is 6.61 Å². The molecule has 0 saturated carbocycles. The number of carbonyl (C=O) groups is 2. The molecule has 1 aliphatic rings. The van der Waals surface area contributed by atoms with Crippen LogP contribution in [0, 0.1) is 5.92 Å². The molecular weight excluding hydrogens is 274 g/mol. The Morgan fingerprint density at radius 2 is 1.95 bits per heavy atom. The van der Waals surface area contributed by atoms with Crippen LogP contribution in [0.3, 0.4) is 0 Å². The third kappa shape index (κ3) is 4.11. The molecule has 6 nitrogen and oxygen atoms in total. The molecule has 1 aliphatic heterocycles. The van der Waals surface area contributed by atoms with Crippen LogP contribution in [-0.4, -0.2) is 48.7 Å². The number of carboxylic acids is 1. The normalized spacial score (nSPS) is 18.1. The number of piperidine rings is 1. The summed E-state index contributed by atoms with van der Waals surface area (Å²) in [5.41, 5.74) is 0. The van der Waals surface area contributed by atoms with Gasteiger partial charge in [-0.25, -0.2) is 0 Å². The fraction of sp³-hybridized carbons (Fsp3) is 0.467. The van der Waals surface area contributed by atoms with Gasteiger partial charge in [-0.1, -0.05) is 0 Å². The highest BCUT2D eigenvalue weighted by Gasteiger charge is 2.28. The minimum Gasteiger partial charge on any atom is -0.497 e. The van der Waals surface area contributed by atoms with Gasteiger partial charge in [0.2, 0.25) is 0 Å². The molecule has 1 aromatic rings. The van der Waals surface area contributed by atoms with Crippen LogP contribution in [0.2, 0.25) is 0 Å². The zero-order chi connectivity index (χ0) is 15.2. The minimum atomic E-state index is -0.844. The molecule has 1 atom stereocenters. The summed E-state index contributed by atoms with van der Waals surface area (Å²) in [6.07, 6.45) is 1.34. The second-order valence-electron chi connectivity index (χ2n) is 4.98. The zero-order valence-electron chi connectivity index (χ0n) is 11.9. The quantitative estimate of drug-likeness (QED) is 0.888. The SMILES string of the molecule is COc1ccc(OCC(=O)N2CCC[C@H](C(=O)O)C2)cc1. The molecule has 1 amide bonds. The van der Waals surface area contributed by atoms with Crippen molar-refractivity contribution in [2.45, 2.75) is 12.8 Å². The van der Waals surface area contributed by atoms with Crippen molar-refractivity contribution in [2.75, 3.05) is 26.8 Å². The molecule has 0 unspecified atom stereocenters. The number of likely N-dealkylation sites (tertiary alicyclic amines) is 1. The van der Waals surface area contributed by atoms with E-state index in [9.17, 15) is 9.59 Å². The average Bonchev–Trinajstić information content (AvgIpc) is 2.53. The van der Waals surface area contributed by atoms with E-state index in [1.807, 2.05) is 0 Å². The Hall–Kier alpha value is -2.24. The number of nitrogens with zero attached hydrogens (tertiary/aromatic N) is 1. The van der Waals surface area contributed by atoms with Gasteiger partial charge in [0.1, 0.15) is 11.5 Å². The minimum absolute atomic E-state index is 0.0847. The van der Waals surface area contributed by atoms with E-state index in [0.29, 0.717) is 30.9 Å². The lowest BCUT2D eigenvalue weighted by Crippen LogP contribution is -2.44. The van der Waals surface area contributed by atoms with Gasteiger partial charge in [-0.3, -0.25) is 9.59 Å². The van der Waals surface area contributed by atoms with Gasteiger partial charge in [-0.15, -0.1) is 0 Å². The number of aliphatic carboxylic acids is 1. The molecule has 114 valence electrons. The van der Waals surface area contributed by atoms with E-state index >= 15 is 0 Å². The first-order chi connectivity index (χ1) is 10.1. The van der Waals surface area contributed by atoms with Crippen LogP contribution in [0.1, 0.15) is 12.8 Å². The fourth-order valence-corrected chi connectivity index (χ4v) is 2.31. The van der Waals surface area contributed by atoms with Crippen molar-refractivity contribution >= 4 is 11.9 Å². The van der Waals surface area contributed by atoms with E-state index in [1.165, 1.54) is 0 Å². The van der Waals surface area contributed by atoms with E-state index in [2.05, 4.69) is 0 Å². The van der Waals surface area contributed by atoms with Crippen LogP contribution in [0.15, 0.2) is 24.3 Å². The van der Waals surface area contributed by atoms with Crippen molar-refractivity contribution in [3.05, 3.63) is 24.3 Å². The van der Waals surface area contributed by atoms with E-state index < -0.39 is 11.9 Å². The first-order valence-corrected chi connectivity index (χ1v) is 6.87. The predicted molar refractivity (Wildman–Crippen MR) is 75.4 cm³/mol. The van der Waals surface area contributed by atoms with Gasteiger partial charge in [0.25, 0.3) is 5.91 Å². The Morgan fingerprint density at radius 1 is 1.29 bits per heavy atom. The number of amides is 1. The highest BCUT2D eigenvalue weighted by molar-refractivity contribution is 5.79. The largest absolute Gasteiger partial charge is 0.497 e. The third-order valence-electron chi connectivity index (χ3n) is 3.55. The van der Waals surface area contributed by atoms with Crippen molar-refractivity contribution in [1.82, 2.24) is 4.90 Å². The standard InChI is InChI=1S/C15H19NO5/c1-20-12-4-6-13(7-5-12)21-10-14(17)16-8-2-3-11(9-16)15(18)19/h4-7,11H,2-3,8-10H2,1H3,(H,18,19)/t11-/m0/s1. The summed E-state index contributed by atoms with van der Waals surface area (Å²) in [6.45, 7) is 0.771. The van der Waals surface area contributed by atoms with Crippen molar-refractivity contribution in [3.63, 3.8) is 0 Å². The summed E-state index contributed by atoms with van der Waals surface area (Å²) in [5, 5.41) is 9.01. The van der Waals surface area contributed by atoms with Crippen LogP contribution in [0.25, 0.3) is 0 Å². The summed E-state index contributed by atoms with van der Waals surface area (Å²) in [4.78, 5) is 24.6. The summed E-state index contributed by atoms with van der Waals surface area (Å²) in [6, 6.07) is 6.95. The van der Waals surface area contributed by atoms with Crippen LogP contribution >= 0.6 is 0 Å². The second kappa shape index (κ2) is 6.97. The number of benzene rings is 1. The topological polar surface area (TPSA) is 76.1 Å². The molecule has 0 bridgehead atoms. The molecule has 0 aliphatic carbocycles. The van der Waals surface area contributed by atoms with Gasteiger partial charge in [-0.2, -0.15) is 0 Å². The molecule has 1 N–H and O–H groups in total. The molecule has 2 rings (SSSR count). The lowest BCUT2D eigenvalue weighted by atomic mass is 9.98. The number of carboxylic acid groups (broad SMARTS) is 1. The Bertz CT molecular complexity index is 499. The monoisotopic (exact) mass is 293 g/mol. The third-order valence-corrected chi connectivity index (χ3v) is 3.55. The van der Waals surface area contributed by atoms with Gasteiger partial charge < -0.3 is 19.5 Å². The molecule has 1 aromatic carbocycles. The maximum Gasteiger partial charge on any atom is 0.308 e. The van der Waals surface area contributed by atoms with Crippen molar-refractivity contribution < 1.29 is 24.2 Å². The summed E-state index contributed by atoms with van der Waals surface area (Å²) in [5.74, 6) is -0.200. The van der Waals surface area contributed by atoms with Crippen LogP contribution in [-0.2, 0) is 9.59 Å². The average molecular weight is 293 g/mol. The Balaban J connectivity index is 1.84. The number of rotatable bonds is 5. The molecule has 0 aromatic heterocycles. The molecule has 0 radical (unpaired) electrons. The Labute approximate surface area is 123 Å². The number of hydrogen-bond acceptors (Lipinski definition) is 4. The lowest BCUT2D eigenvalue weighted by Gasteiger charge is -2.30. The highest BCUT2D eigenvalue weighted by atomic mass is 16.5. The Kier molecular flexibility index (Phi) is 5.03. The Morgan fingerprint density at radius 3 is 2.57 bits per heavy atom. The number of methoxy groups -OCH3 is 1. The smallest absolute Gasteiger partial charge is 0.308 e. The first-order valence-electron chi connectivity index (χ1n) is 6.87. The molecule has 1 saturated heterocycles. The van der Waals surface area contributed by atoms with E-state index in [4.69, 9.17) is 14.6 Å². The molecule has 6 heteroatoms. The summed E-state index contributed by atoms with van der Waals surface area (Å²) >= 11 is 0. The number of carbonyl (C=O) groups excluding carboxylic acids is 1. The lowest BCUT2D eigenvalue weighted by molar-refractivity contribution is -0.146. The molecule has 0 spiro atoms. The van der Waals surface area contributed by atoms with Gasteiger partial charge in [-0.05, 0) is 37.1 Å². The van der Waals surface area contributed by atoms with Gasteiger partial charge >= 0.3 is 5.97 Å². The van der Waals surface area contributed by atoms with Crippen LogP contribution in [0.5, 0.6) is 11.5 Å². The summed E-state index contributed by atoms with van der Waals surface area (Å²) in [7, 11) is 1.58. The molecule has 1 heterocycles. The van der Waals surface area contributed by atoms with Gasteiger partial charge in [0.05, 0.1) is 13.0 Å². The number of hydrogen-bond donors (Lipinski definition) is 1. The fourth-order valence-electron chi connectivity index (χ4n) is 2.31. The van der Waals surface area contributed by atoms with Crippen LogP contribution < -0.4 is 9.47 Å². The van der Waals surface area contributed by atoms with Gasteiger partial charge in [0, 0.05) is 13.1 Å². The number of ether oxygens (including phenoxy) is 2. The van der Waals surface area contributed by atoms with E-state index in [1.54, 1.807) is 36.3 Å². The predicted octanol–water partition coefficient (Wildman–Crippen LogP) is 1.40. The second-order valence-corrected chi connectivity index (χ2v) is 4.98. The van der Waals surface area contributed by atoms with Crippen molar-refractivity contribution in [1.29, 1.82) is 0 Å². The van der Waals surface area contributed by atoms with E-state index in [0.717, 1.165) is 0 Å². The highest BCUT2D eigenvalue weighted by Crippen LogP contribution is 2.19. The maximum atomic E-state index is 12.0. The molecule has 21 heavy (non-hydrogen) atoms. The zero-order valence-corrected chi connectivity index (χ0v) is 11.9. The molecule has 1 fully saturated rings. The molecular formula is C15H19NO5. The van der Waals surface area contributed by atoms with Crippen molar-refractivity contribution in [3.8, 4) is 11.5 Å². The summed E-state index contributed by atoms with van der Waals surface area (Å²) < 4.78 is 10.5. The maximum absolute atomic E-state index is 12.0. The van der Waals surface area contributed by atoms with Crippen LogP contribution in [0.4, 0.5) is 0 Å². The van der Waals surface area contributed by atoms with Crippen molar-refractivity contribution in [2.24, 2.45) is 5.92 Å². The van der Waals surface area contributed by atoms with E-state index in [-0.39, 0.29) is 19.1 Å². The first kappa shape index (κ1) is 15.2.